The minimum Gasteiger partial charge on any atom is -0.325 e. The number of thiophene rings is 1. The van der Waals surface area contributed by atoms with E-state index in [1.807, 2.05) is 36.4 Å². The van der Waals surface area contributed by atoms with E-state index in [0.29, 0.717) is 11.8 Å². The molecule has 4 aromatic rings. The quantitative estimate of drug-likeness (QED) is 0.286. The van der Waals surface area contributed by atoms with E-state index in [2.05, 4.69) is 48.6 Å². The van der Waals surface area contributed by atoms with Gasteiger partial charge in [-0.2, -0.15) is 0 Å². The maximum absolute atomic E-state index is 12.6. The molecule has 1 fully saturated rings. The molecule has 0 aliphatic heterocycles. The molecule has 0 spiro atoms. The van der Waals surface area contributed by atoms with Crippen molar-refractivity contribution >= 4 is 46.5 Å². The van der Waals surface area contributed by atoms with E-state index in [9.17, 15) is 4.79 Å². The van der Waals surface area contributed by atoms with Crippen molar-refractivity contribution in [2.24, 2.45) is 0 Å². The van der Waals surface area contributed by atoms with Gasteiger partial charge in [-0.05, 0) is 54.1 Å². The van der Waals surface area contributed by atoms with Crippen molar-refractivity contribution < 1.29 is 4.79 Å². The molecule has 168 valence electrons. The number of nitrogens with one attached hydrogen (secondary N) is 1. The molecule has 1 aromatic carbocycles. The number of carbonyl (C=O) groups excluding carboxylic acids is 1. The van der Waals surface area contributed by atoms with Crippen LogP contribution < -0.4 is 5.32 Å². The molecule has 5 rings (SSSR count). The van der Waals surface area contributed by atoms with Gasteiger partial charge in [0.25, 0.3) is 0 Å². The Labute approximate surface area is 205 Å². The minimum absolute atomic E-state index is 0.0420. The first-order valence-corrected chi connectivity index (χ1v) is 13.6. The summed E-state index contributed by atoms with van der Waals surface area (Å²) in [5.74, 6) is 2.05. The number of rotatable bonds is 10. The highest BCUT2D eigenvalue weighted by Crippen LogP contribution is 2.39. The smallest absolute Gasteiger partial charge is 0.234 e. The predicted molar refractivity (Wildman–Crippen MR) is 135 cm³/mol. The lowest BCUT2D eigenvalue weighted by molar-refractivity contribution is -0.113. The van der Waals surface area contributed by atoms with Crippen LogP contribution in [0.2, 0.25) is 0 Å². The van der Waals surface area contributed by atoms with Gasteiger partial charge in [0.05, 0.1) is 10.8 Å². The summed E-state index contributed by atoms with van der Waals surface area (Å²) in [6.45, 7) is 0. The van der Waals surface area contributed by atoms with Crippen molar-refractivity contribution in [2.75, 3.05) is 11.1 Å². The largest absolute Gasteiger partial charge is 0.325 e. The van der Waals surface area contributed by atoms with Gasteiger partial charge in [-0.15, -0.1) is 33.3 Å². The molecule has 3 aromatic heterocycles. The van der Waals surface area contributed by atoms with Gasteiger partial charge in [0, 0.05) is 35.0 Å². The lowest BCUT2D eigenvalue weighted by atomic mass is 10.2. The van der Waals surface area contributed by atoms with E-state index in [1.165, 1.54) is 16.6 Å². The van der Waals surface area contributed by atoms with Crippen molar-refractivity contribution in [1.29, 1.82) is 0 Å². The molecule has 0 bridgehead atoms. The van der Waals surface area contributed by atoms with Gasteiger partial charge >= 0.3 is 0 Å². The predicted octanol–water partition coefficient (Wildman–Crippen LogP) is 5.68. The third-order valence-corrected chi connectivity index (χ3v) is 7.96. The monoisotopic (exact) mass is 493 g/mol. The molecule has 1 amide bonds. The number of nitrogens with zero attached hydrogens (tertiary/aromatic N) is 4. The van der Waals surface area contributed by atoms with Crippen molar-refractivity contribution in [3.8, 4) is 0 Å². The van der Waals surface area contributed by atoms with E-state index < -0.39 is 0 Å². The van der Waals surface area contributed by atoms with Crippen LogP contribution in [0.15, 0.2) is 76.4 Å². The first-order chi connectivity index (χ1) is 16.2. The van der Waals surface area contributed by atoms with Crippen molar-refractivity contribution in [3.63, 3.8) is 0 Å². The van der Waals surface area contributed by atoms with Crippen LogP contribution in [0.4, 0.5) is 5.69 Å². The number of benzene rings is 1. The molecule has 3 heterocycles. The zero-order valence-electron chi connectivity index (χ0n) is 17.9. The highest BCUT2D eigenvalue weighted by atomic mass is 32.2. The lowest BCUT2D eigenvalue weighted by Crippen LogP contribution is -2.15. The van der Waals surface area contributed by atoms with Crippen LogP contribution in [-0.2, 0) is 17.0 Å². The number of amides is 1. The Kier molecular flexibility index (Phi) is 7.09. The fraction of sp³-hybridized carbons (Fsp3) is 0.250. The SMILES string of the molecule is O=C(CSc1nnc(Cc2cccs2)n1C1CC1)Nc1cccc(CSc2ccccn2)c1. The molecular formula is C24H23N5OS3. The minimum atomic E-state index is -0.0420. The number of hydrogen-bond donors (Lipinski definition) is 1. The van der Waals surface area contributed by atoms with Gasteiger partial charge in [-0.1, -0.05) is 36.0 Å². The summed E-state index contributed by atoms with van der Waals surface area (Å²) in [5, 5.41) is 15.7. The second-order valence-electron chi connectivity index (χ2n) is 7.75. The second-order valence-corrected chi connectivity index (χ2v) is 10.7. The zero-order chi connectivity index (χ0) is 22.5. The van der Waals surface area contributed by atoms with E-state index >= 15 is 0 Å². The van der Waals surface area contributed by atoms with Crippen LogP contribution in [0, 0.1) is 0 Å². The summed E-state index contributed by atoms with van der Waals surface area (Å²) in [6, 6.07) is 18.5. The average molecular weight is 494 g/mol. The normalized spacial score (nSPS) is 13.2. The third-order valence-electron chi connectivity index (χ3n) is 5.13. The van der Waals surface area contributed by atoms with Crippen LogP contribution >= 0.6 is 34.9 Å². The van der Waals surface area contributed by atoms with Gasteiger partial charge in [-0.25, -0.2) is 4.98 Å². The van der Waals surface area contributed by atoms with Gasteiger partial charge in [-0.3, -0.25) is 4.79 Å². The number of pyridine rings is 1. The summed E-state index contributed by atoms with van der Waals surface area (Å²) in [7, 11) is 0. The molecule has 33 heavy (non-hydrogen) atoms. The molecule has 0 atom stereocenters. The Morgan fingerprint density at radius 2 is 2.03 bits per heavy atom. The van der Waals surface area contributed by atoms with Crippen molar-refractivity contribution in [2.45, 2.75) is 41.2 Å². The summed E-state index contributed by atoms with van der Waals surface area (Å²) in [4.78, 5) is 18.3. The van der Waals surface area contributed by atoms with Crippen molar-refractivity contribution in [1.82, 2.24) is 19.7 Å². The second kappa shape index (κ2) is 10.5. The maximum atomic E-state index is 12.6. The van der Waals surface area contributed by atoms with Crippen LogP contribution in [0.1, 0.15) is 35.1 Å². The average Bonchev–Trinajstić information content (AvgIpc) is 3.39. The summed E-state index contributed by atoms with van der Waals surface area (Å²) in [5.41, 5.74) is 1.95. The number of hydrogen-bond acceptors (Lipinski definition) is 7. The standard InChI is InChI=1S/C24H23N5OS3/c30-22(26-18-6-3-5-17(13-18)15-32-23-8-1-2-11-25-23)16-33-24-28-27-21(29(24)19-9-10-19)14-20-7-4-12-31-20/h1-8,11-13,19H,9-10,14-16H2,(H,26,30). The summed E-state index contributed by atoms with van der Waals surface area (Å²) >= 11 is 4.87. The first-order valence-electron chi connectivity index (χ1n) is 10.8. The molecule has 1 aliphatic rings. The van der Waals surface area contributed by atoms with Gasteiger partial charge < -0.3 is 9.88 Å². The Hall–Kier alpha value is -2.62. The Bertz CT molecular complexity index is 1210. The highest BCUT2D eigenvalue weighted by Gasteiger charge is 2.30. The molecule has 6 nitrogen and oxygen atoms in total. The molecule has 1 saturated carbocycles. The molecule has 1 N–H and O–H groups in total. The zero-order valence-corrected chi connectivity index (χ0v) is 20.3. The third kappa shape index (κ3) is 6.04. The molecule has 1 aliphatic carbocycles. The van der Waals surface area contributed by atoms with Crippen LogP contribution in [0.3, 0.4) is 0 Å². The molecule has 0 saturated heterocycles. The van der Waals surface area contributed by atoms with Crippen LogP contribution in [0.25, 0.3) is 0 Å². The lowest BCUT2D eigenvalue weighted by Gasteiger charge is -2.09. The number of carbonyl (C=O) groups is 1. The molecule has 0 unspecified atom stereocenters. The molecule has 0 radical (unpaired) electrons. The van der Waals surface area contributed by atoms with E-state index in [1.54, 1.807) is 29.3 Å². The summed E-state index contributed by atoms with van der Waals surface area (Å²) < 4.78 is 2.23. The maximum Gasteiger partial charge on any atom is 0.234 e. The number of thioether (sulfide) groups is 2. The van der Waals surface area contributed by atoms with E-state index in [4.69, 9.17) is 0 Å². The fourth-order valence-corrected chi connectivity index (χ4v) is 5.78. The first kappa shape index (κ1) is 22.2. The molecular weight excluding hydrogens is 470 g/mol. The Morgan fingerprint density at radius 1 is 1.09 bits per heavy atom. The van der Waals surface area contributed by atoms with Crippen LogP contribution in [-0.4, -0.2) is 31.4 Å². The topological polar surface area (TPSA) is 72.7 Å². The van der Waals surface area contributed by atoms with E-state index in [-0.39, 0.29) is 5.91 Å². The Morgan fingerprint density at radius 3 is 2.82 bits per heavy atom. The number of aromatic nitrogens is 4. The van der Waals surface area contributed by atoms with E-state index in [0.717, 1.165) is 52.3 Å². The van der Waals surface area contributed by atoms with Gasteiger partial charge in [0.2, 0.25) is 5.91 Å². The molecule has 9 heteroatoms. The van der Waals surface area contributed by atoms with Crippen molar-refractivity contribution in [3.05, 3.63) is 82.4 Å². The summed E-state index contributed by atoms with van der Waals surface area (Å²) in [6.07, 6.45) is 4.89. The fourth-order valence-electron chi connectivity index (χ4n) is 3.45. The Balaban J connectivity index is 1.17. The van der Waals surface area contributed by atoms with Gasteiger partial charge in [0.15, 0.2) is 5.16 Å². The highest BCUT2D eigenvalue weighted by molar-refractivity contribution is 7.99. The van der Waals surface area contributed by atoms with Gasteiger partial charge in [0.1, 0.15) is 5.82 Å². The number of anilines is 1. The van der Waals surface area contributed by atoms with Crippen LogP contribution in [0.5, 0.6) is 0 Å².